The summed E-state index contributed by atoms with van der Waals surface area (Å²) in [6, 6.07) is 9.69. The van der Waals surface area contributed by atoms with Crippen LogP contribution in [0.2, 0.25) is 0 Å². The van der Waals surface area contributed by atoms with Gasteiger partial charge in [-0.1, -0.05) is 102 Å². The lowest BCUT2D eigenvalue weighted by atomic mass is 9.77. The summed E-state index contributed by atoms with van der Waals surface area (Å²) in [5.41, 5.74) is 3.15. The van der Waals surface area contributed by atoms with E-state index >= 15 is 0 Å². The van der Waals surface area contributed by atoms with Crippen molar-refractivity contribution in [2.45, 2.75) is 122 Å². The largest absolute Gasteiger partial charge is 0.0654 e. The fraction of sp³-hybridized carbons (Fsp3) is 0.769. The SMILES string of the molecule is CCCCCCCCC1CCC(c2ccc(CCCCCC)cc2)CC1. The summed E-state index contributed by atoms with van der Waals surface area (Å²) in [5.74, 6) is 1.86. The van der Waals surface area contributed by atoms with Crippen molar-refractivity contribution in [2.75, 3.05) is 0 Å². The van der Waals surface area contributed by atoms with Gasteiger partial charge >= 0.3 is 0 Å². The molecule has 0 unspecified atom stereocenters. The van der Waals surface area contributed by atoms with Crippen molar-refractivity contribution in [2.24, 2.45) is 5.92 Å². The Labute approximate surface area is 164 Å². The van der Waals surface area contributed by atoms with Gasteiger partial charge in [-0.05, 0) is 61.5 Å². The van der Waals surface area contributed by atoms with Gasteiger partial charge in [0.15, 0.2) is 0 Å². The van der Waals surface area contributed by atoms with E-state index in [4.69, 9.17) is 0 Å². The Morgan fingerprint density at radius 1 is 0.654 bits per heavy atom. The Kier molecular flexibility index (Phi) is 11.1. The lowest BCUT2D eigenvalue weighted by Crippen LogP contribution is -2.13. The van der Waals surface area contributed by atoms with Crippen LogP contribution in [-0.2, 0) is 6.42 Å². The molecule has 1 saturated carbocycles. The van der Waals surface area contributed by atoms with Crippen LogP contribution in [0.5, 0.6) is 0 Å². The third kappa shape index (κ3) is 8.28. The average Bonchev–Trinajstić information content (AvgIpc) is 2.69. The number of hydrogen-bond acceptors (Lipinski definition) is 0. The van der Waals surface area contributed by atoms with E-state index in [0.717, 1.165) is 11.8 Å². The van der Waals surface area contributed by atoms with Crippen molar-refractivity contribution in [1.82, 2.24) is 0 Å². The van der Waals surface area contributed by atoms with Gasteiger partial charge in [-0.3, -0.25) is 0 Å². The van der Waals surface area contributed by atoms with E-state index in [-0.39, 0.29) is 0 Å². The summed E-state index contributed by atoms with van der Waals surface area (Å²) in [5, 5.41) is 0. The van der Waals surface area contributed by atoms with Crippen LogP contribution < -0.4 is 0 Å². The molecule has 0 aliphatic heterocycles. The molecule has 1 aliphatic rings. The Bertz CT molecular complexity index is 436. The molecule has 26 heavy (non-hydrogen) atoms. The predicted octanol–water partition coefficient (Wildman–Crippen LogP) is 8.83. The first-order chi connectivity index (χ1) is 12.8. The van der Waals surface area contributed by atoms with Crippen molar-refractivity contribution in [1.29, 1.82) is 0 Å². The fourth-order valence-electron chi connectivity index (χ4n) is 4.71. The van der Waals surface area contributed by atoms with Crippen molar-refractivity contribution in [3.63, 3.8) is 0 Å². The summed E-state index contributed by atoms with van der Waals surface area (Å²) in [6.07, 6.45) is 22.7. The molecular formula is C26H44. The summed E-state index contributed by atoms with van der Waals surface area (Å²) in [7, 11) is 0. The van der Waals surface area contributed by atoms with Crippen LogP contribution in [0.1, 0.15) is 127 Å². The van der Waals surface area contributed by atoms with Gasteiger partial charge < -0.3 is 0 Å². The van der Waals surface area contributed by atoms with E-state index in [9.17, 15) is 0 Å². The maximum atomic E-state index is 2.44. The van der Waals surface area contributed by atoms with Gasteiger partial charge in [-0.15, -0.1) is 0 Å². The molecule has 0 bridgehead atoms. The fourth-order valence-corrected chi connectivity index (χ4v) is 4.71. The third-order valence-corrected chi connectivity index (χ3v) is 6.58. The van der Waals surface area contributed by atoms with Crippen molar-refractivity contribution in [3.8, 4) is 0 Å². The Morgan fingerprint density at radius 2 is 1.23 bits per heavy atom. The number of unbranched alkanes of at least 4 members (excludes halogenated alkanes) is 8. The molecule has 0 nitrogen and oxygen atoms in total. The number of benzene rings is 1. The lowest BCUT2D eigenvalue weighted by molar-refractivity contribution is 0.302. The second-order valence-electron chi connectivity index (χ2n) is 8.83. The van der Waals surface area contributed by atoms with Crippen LogP contribution in [0.3, 0.4) is 0 Å². The highest BCUT2D eigenvalue weighted by Crippen LogP contribution is 2.37. The molecule has 0 heteroatoms. The molecule has 0 saturated heterocycles. The van der Waals surface area contributed by atoms with Crippen LogP contribution >= 0.6 is 0 Å². The first-order valence-corrected chi connectivity index (χ1v) is 11.9. The monoisotopic (exact) mass is 356 g/mol. The number of hydrogen-bond donors (Lipinski definition) is 0. The average molecular weight is 357 g/mol. The van der Waals surface area contributed by atoms with E-state index in [1.807, 2.05) is 0 Å². The van der Waals surface area contributed by atoms with Crippen molar-refractivity contribution >= 4 is 0 Å². The maximum Gasteiger partial charge on any atom is -0.0162 e. The van der Waals surface area contributed by atoms with Gasteiger partial charge in [0.1, 0.15) is 0 Å². The summed E-state index contributed by atoms with van der Waals surface area (Å²) < 4.78 is 0. The van der Waals surface area contributed by atoms with Gasteiger partial charge in [0.25, 0.3) is 0 Å². The Balaban J connectivity index is 1.61. The Morgan fingerprint density at radius 3 is 1.88 bits per heavy atom. The highest BCUT2D eigenvalue weighted by atomic mass is 14.3. The molecule has 148 valence electrons. The van der Waals surface area contributed by atoms with Crippen molar-refractivity contribution < 1.29 is 0 Å². The van der Waals surface area contributed by atoms with E-state index in [2.05, 4.69) is 38.1 Å². The first kappa shape index (κ1) is 21.5. The highest BCUT2D eigenvalue weighted by molar-refractivity contribution is 5.25. The van der Waals surface area contributed by atoms with Crippen LogP contribution in [0.4, 0.5) is 0 Å². The number of rotatable bonds is 13. The molecule has 0 aromatic heterocycles. The Hall–Kier alpha value is -0.780. The van der Waals surface area contributed by atoms with Crippen LogP contribution in [0.15, 0.2) is 24.3 Å². The van der Waals surface area contributed by atoms with Gasteiger partial charge in [-0.2, -0.15) is 0 Å². The summed E-state index contributed by atoms with van der Waals surface area (Å²) in [4.78, 5) is 0. The zero-order valence-corrected chi connectivity index (χ0v) is 17.8. The molecule has 0 heterocycles. The molecule has 1 aromatic rings. The highest BCUT2D eigenvalue weighted by Gasteiger charge is 2.21. The standard InChI is InChI=1S/C26H44/c1-3-5-7-9-10-12-14-24-17-21-26(22-18-24)25-19-15-23(16-20-25)13-11-8-6-4-2/h15-16,19-20,24,26H,3-14,17-18,21-22H2,1-2H3. The minimum Gasteiger partial charge on any atom is -0.0654 e. The number of aryl methyl sites for hydroxylation is 1. The van der Waals surface area contributed by atoms with Crippen LogP contribution in [0, 0.1) is 5.92 Å². The maximum absolute atomic E-state index is 2.44. The van der Waals surface area contributed by atoms with Gasteiger partial charge in [0.05, 0.1) is 0 Å². The molecule has 1 aromatic carbocycles. The van der Waals surface area contributed by atoms with Gasteiger partial charge in [0, 0.05) is 0 Å². The molecule has 0 atom stereocenters. The predicted molar refractivity (Wildman–Crippen MR) is 117 cm³/mol. The van der Waals surface area contributed by atoms with E-state index < -0.39 is 0 Å². The molecule has 0 radical (unpaired) electrons. The van der Waals surface area contributed by atoms with E-state index in [1.165, 1.54) is 103 Å². The summed E-state index contributed by atoms with van der Waals surface area (Å²) in [6.45, 7) is 4.59. The molecule has 0 N–H and O–H groups in total. The smallest absolute Gasteiger partial charge is 0.0162 e. The molecule has 1 fully saturated rings. The lowest BCUT2D eigenvalue weighted by Gasteiger charge is -2.29. The minimum absolute atomic E-state index is 0.838. The topological polar surface area (TPSA) is 0 Å². The molecule has 2 rings (SSSR count). The molecule has 1 aliphatic carbocycles. The summed E-state index contributed by atoms with van der Waals surface area (Å²) >= 11 is 0. The second kappa shape index (κ2) is 13.4. The zero-order valence-electron chi connectivity index (χ0n) is 17.8. The normalized spacial score (nSPS) is 20.4. The van der Waals surface area contributed by atoms with Crippen LogP contribution in [0.25, 0.3) is 0 Å². The van der Waals surface area contributed by atoms with E-state index in [1.54, 1.807) is 11.1 Å². The third-order valence-electron chi connectivity index (χ3n) is 6.58. The first-order valence-electron chi connectivity index (χ1n) is 11.9. The van der Waals surface area contributed by atoms with E-state index in [0.29, 0.717) is 0 Å². The van der Waals surface area contributed by atoms with Gasteiger partial charge in [-0.25, -0.2) is 0 Å². The quantitative estimate of drug-likeness (QED) is 0.310. The molecular weight excluding hydrogens is 312 g/mol. The zero-order chi connectivity index (χ0) is 18.5. The second-order valence-corrected chi connectivity index (χ2v) is 8.83. The van der Waals surface area contributed by atoms with Gasteiger partial charge in [0.2, 0.25) is 0 Å². The van der Waals surface area contributed by atoms with Crippen molar-refractivity contribution in [3.05, 3.63) is 35.4 Å². The molecule has 0 amide bonds. The van der Waals surface area contributed by atoms with Crippen LogP contribution in [-0.4, -0.2) is 0 Å². The molecule has 0 spiro atoms. The minimum atomic E-state index is 0.838.